The van der Waals surface area contributed by atoms with Crippen molar-refractivity contribution >= 4 is 29.7 Å². The van der Waals surface area contributed by atoms with Gasteiger partial charge in [-0.2, -0.15) is 0 Å². The topological polar surface area (TPSA) is 137 Å². The van der Waals surface area contributed by atoms with Gasteiger partial charge in [0.2, 0.25) is 0 Å². The zero-order valence-corrected chi connectivity index (χ0v) is 14.8. The van der Waals surface area contributed by atoms with Crippen molar-refractivity contribution in [3.8, 4) is 0 Å². The van der Waals surface area contributed by atoms with Crippen LogP contribution in [0, 0.1) is 5.92 Å². The molecule has 27 heavy (non-hydrogen) atoms. The van der Waals surface area contributed by atoms with Gasteiger partial charge in [-0.15, -0.1) is 0 Å². The van der Waals surface area contributed by atoms with Crippen LogP contribution in [0.5, 0.6) is 0 Å². The molecular weight excluding hydrogens is 374 g/mol. The molecule has 0 aromatic carbocycles. The zero-order valence-electron chi connectivity index (χ0n) is 14.8. The maximum Gasteiger partial charge on any atom is 0.350 e. The van der Waals surface area contributed by atoms with E-state index in [-0.39, 0.29) is 12.8 Å². The van der Waals surface area contributed by atoms with Gasteiger partial charge in [0.15, 0.2) is 0 Å². The number of amides is 2. The summed E-state index contributed by atoms with van der Waals surface area (Å²) < 4.78 is 40.1. The predicted molar refractivity (Wildman–Crippen MR) is 82.4 cm³/mol. The number of alkyl halides is 2. The lowest BCUT2D eigenvalue weighted by molar-refractivity contribution is -0.153. The summed E-state index contributed by atoms with van der Waals surface area (Å²) in [6.45, 7) is 0. The van der Waals surface area contributed by atoms with Crippen molar-refractivity contribution in [3.05, 3.63) is 0 Å². The highest BCUT2D eigenvalue weighted by atomic mass is 19.1. The van der Waals surface area contributed by atoms with E-state index in [1.807, 2.05) is 0 Å². The number of hydrogen-bond acceptors (Lipinski definition) is 8. The minimum atomic E-state index is -2.62. The van der Waals surface area contributed by atoms with Gasteiger partial charge in [-0.25, -0.2) is 18.4 Å². The fraction of sp³-hybridized carbons (Fsp3) is 0.667. The third kappa shape index (κ3) is 5.59. The van der Waals surface area contributed by atoms with Crippen LogP contribution in [0.25, 0.3) is 0 Å². The molecule has 152 valence electrons. The highest BCUT2D eigenvalue weighted by molar-refractivity contribution is 6.01. The Morgan fingerprint density at radius 3 is 1.44 bits per heavy atom. The molecule has 0 saturated heterocycles. The van der Waals surface area contributed by atoms with Gasteiger partial charge in [-0.05, 0) is 12.8 Å². The predicted octanol–water partition coefficient (Wildman–Crippen LogP) is -1.44. The van der Waals surface area contributed by atoms with Crippen LogP contribution in [0.2, 0.25) is 0 Å². The van der Waals surface area contributed by atoms with Crippen molar-refractivity contribution in [3.63, 3.8) is 0 Å². The van der Waals surface area contributed by atoms with Crippen molar-refractivity contribution < 1.29 is 47.0 Å². The molecule has 1 fully saturated rings. The summed E-state index contributed by atoms with van der Waals surface area (Å²) in [5.41, 5.74) is 0. The summed E-state index contributed by atoms with van der Waals surface area (Å²) in [6, 6.07) is -2.03. The molecule has 0 aliphatic heterocycles. The Morgan fingerprint density at radius 1 is 0.778 bits per heavy atom. The second kappa shape index (κ2) is 9.78. The lowest BCUT2D eigenvalue weighted by atomic mass is 10.1. The molecule has 4 atom stereocenters. The standard InChI is InChI=1S/C15H20F2N2O8/c1-25-13(22)6-4-7(18-11(20)9(16)14(23)26-2)8(5-6)19-12(21)10(17)15(24)27-3/h6-10H,4-5H2,1-3H3,(H,18,20)(H,19,21). The van der Waals surface area contributed by atoms with Crippen LogP contribution in [0.1, 0.15) is 12.8 Å². The SMILES string of the molecule is COC(=O)C1CC(NC(=O)C(F)C(=O)OC)C(NC(=O)C(F)C(=O)OC)C1. The third-order valence-corrected chi connectivity index (χ3v) is 4.03. The van der Waals surface area contributed by atoms with Crippen molar-refractivity contribution in [1.29, 1.82) is 0 Å². The Bertz CT molecular complexity index is 571. The van der Waals surface area contributed by atoms with Gasteiger partial charge in [0, 0.05) is 12.1 Å². The molecule has 4 unspecified atom stereocenters. The first-order chi connectivity index (χ1) is 12.7. The van der Waals surface area contributed by atoms with E-state index < -0.39 is 60.1 Å². The van der Waals surface area contributed by atoms with Gasteiger partial charge in [0.05, 0.1) is 27.2 Å². The van der Waals surface area contributed by atoms with Crippen molar-refractivity contribution in [2.75, 3.05) is 21.3 Å². The first-order valence-electron chi connectivity index (χ1n) is 7.78. The molecule has 1 aliphatic carbocycles. The second-order valence-electron chi connectivity index (χ2n) is 5.69. The molecule has 1 saturated carbocycles. The van der Waals surface area contributed by atoms with E-state index >= 15 is 0 Å². The fourth-order valence-corrected chi connectivity index (χ4v) is 2.65. The number of esters is 3. The number of ether oxygens (including phenoxy) is 3. The summed E-state index contributed by atoms with van der Waals surface area (Å²) in [5.74, 6) is -6.98. The molecule has 2 N–H and O–H groups in total. The Kier molecular flexibility index (Phi) is 8.06. The molecule has 1 aliphatic rings. The second-order valence-corrected chi connectivity index (χ2v) is 5.69. The summed E-state index contributed by atoms with van der Waals surface area (Å²) in [4.78, 5) is 57.5. The number of halogens is 2. The lowest BCUT2D eigenvalue weighted by Crippen LogP contribution is -2.53. The first kappa shape index (κ1) is 22.3. The fourth-order valence-electron chi connectivity index (χ4n) is 2.65. The Hall–Kier alpha value is -2.79. The highest BCUT2D eigenvalue weighted by Gasteiger charge is 2.43. The molecule has 1 rings (SSSR count). The van der Waals surface area contributed by atoms with Gasteiger partial charge in [0.1, 0.15) is 0 Å². The van der Waals surface area contributed by atoms with E-state index in [9.17, 15) is 32.8 Å². The molecule has 0 heterocycles. The van der Waals surface area contributed by atoms with Crippen LogP contribution < -0.4 is 10.6 Å². The first-order valence-corrected chi connectivity index (χ1v) is 7.78. The van der Waals surface area contributed by atoms with E-state index in [1.165, 1.54) is 0 Å². The average Bonchev–Trinajstić information content (AvgIpc) is 3.06. The van der Waals surface area contributed by atoms with Crippen molar-refractivity contribution in [2.45, 2.75) is 37.3 Å². The van der Waals surface area contributed by atoms with E-state index in [4.69, 9.17) is 0 Å². The van der Waals surface area contributed by atoms with Crippen molar-refractivity contribution in [1.82, 2.24) is 10.6 Å². The van der Waals surface area contributed by atoms with Gasteiger partial charge < -0.3 is 24.8 Å². The smallest absolute Gasteiger partial charge is 0.350 e. The highest BCUT2D eigenvalue weighted by Crippen LogP contribution is 2.27. The van der Waals surface area contributed by atoms with Crippen LogP contribution in [-0.2, 0) is 38.2 Å². The van der Waals surface area contributed by atoms with Crippen molar-refractivity contribution in [2.24, 2.45) is 5.92 Å². The largest absolute Gasteiger partial charge is 0.469 e. The minimum Gasteiger partial charge on any atom is -0.469 e. The number of methoxy groups -OCH3 is 3. The van der Waals surface area contributed by atoms with E-state index in [0.717, 1.165) is 21.3 Å². The van der Waals surface area contributed by atoms with Gasteiger partial charge in [-0.3, -0.25) is 14.4 Å². The van der Waals surface area contributed by atoms with Crippen LogP contribution in [0.15, 0.2) is 0 Å². The lowest BCUT2D eigenvalue weighted by Gasteiger charge is -2.23. The van der Waals surface area contributed by atoms with E-state index in [2.05, 4.69) is 24.8 Å². The average molecular weight is 394 g/mol. The Balaban J connectivity index is 2.88. The molecular formula is C15H20F2N2O8. The number of nitrogens with one attached hydrogen (secondary N) is 2. The molecule has 2 amide bonds. The van der Waals surface area contributed by atoms with Crippen LogP contribution in [0.3, 0.4) is 0 Å². The maximum absolute atomic E-state index is 13.6. The summed E-state index contributed by atoms with van der Waals surface area (Å²) in [5, 5.41) is 4.33. The Morgan fingerprint density at radius 2 is 1.15 bits per heavy atom. The van der Waals surface area contributed by atoms with Crippen LogP contribution in [0.4, 0.5) is 8.78 Å². The number of carbonyl (C=O) groups is 5. The van der Waals surface area contributed by atoms with Gasteiger partial charge in [0.25, 0.3) is 24.2 Å². The quantitative estimate of drug-likeness (QED) is 0.304. The molecule has 0 bridgehead atoms. The summed E-state index contributed by atoms with van der Waals surface area (Å²) in [7, 11) is 2.91. The molecule has 0 aromatic heterocycles. The molecule has 0 spiro atoms. The normalized spacial score (nSPS) is 23.5. The molecule has 10 nitrogen and oxygen atoms in total. The molecule has 12 heteroatoms. The maximum atomic E-state index is 13.6. The van der Waals surface area contributed by atoms with Gasteiger partial charge >= 0.3 is 17.9 Å². The number of carbonyl (C=O) groups excluding carboxylic acids is 5. The monoisotopic (exact) mass is 394 g/mol. The molecule has 0 radical (unpaired) electrons. The van der Waals surface area contributed by atoms with Crippen LogP contribution in [-0.4, -0.2) is 75.5 Å². The molecule has 0 aromatic rings. The number of hydrogen-bond donors (Lipinski definition) is 2. The third-order valence-electron chi connectivity index (χ3n) is 4.03. The minimum absolute atomic E-state index is 0.0631. The summed E-state index contributed by atoms with van der Waals surface area (Å²) in [6.07, 6.45) is -5.36. The van der Waals surface area contributed by atoms with Crippen LogP contribution >= 0.6 is 0 Å². The summed E-state index contributed by atoms with van der Waals surface area (Å²) >= 11 is 0. The van der Waals surface area contributed by atoms with E-state index in [0.29, 0.717) is 0 Å². The number of rotatable bonds is 7. The van der Waals surface area contributed by atoms with E-state index in [1.54, 1.807) is 0 Å². The zero-order chi connectivity index (χ0) is 20.7. The Labute approximate surface area is 152 Å². The van der Waals surface area contributed by atoms with Gasteiger partial charge in [-0.1, -0.05) is 0 Å².